The van der Waals surface area contributed by atoms with E-state index < -0.39 is 0 Å². The first-order valence-electron chi connectivity index (χ1n) is 4.92. The lowest BCUT2D eigenvalue weighted by Crippen LogP contribution is -2.01. The Balaban J connectivity index is 2.39. The van der Waals surface area contributed by atoms with Gasteiger partial charge in [-0.05, 0) is 25.6 Å². The van der Waals surface area contributed by atoms with Crippen molar-refractivity contribution >= 4 is 11.8 Å². The van der Waals surface area contributed by atoms with Crippen LogP contribution in [-0.4, -0.2) is 27.6 Å². The van der Waals surface area contributed by atoms with Gasteiger partial charge in [-0.1, -0.05) is 18.2 Å². The Morgan fingerprint density at radius 1 is 1.29 bits per heavy atom. The molecular formula is C9H18N4S. The molecule has 0 aliphatic heterocycles. The van der Waals surface area contributed by atoms with Crippen LogP contribution < -0.4 is 5.73 Å². The zero-order valence-corrected chi connectivity index (χ0v) is 9.68. The number of thioether (sulfide) groups is 1. The maximum Gasteiger partial charge on any atom is 0.190 e. The second-order valence-electron chi connectivity index (χ2n) is 3.26. The van der Waals surface area contributed by atoms with Gasteiger partial charge in [-0.2, -0.15) is 0 Å². The minimum atomic E-state index is 0.787. The maximum atomic E-state index is 5.43. The average molecular weight is 214 g/mol. The van der Waals surface area contributed by atoms with Crippen LogP contribution in [0, 0.1) is 0 Å². The van der Waals surface area contributed by atoms with Crippen molar-refractivity contribution in [2.24, 2.45) is 12.8 Å². The molecule has 0 spiro atoms. The smallest absolute Gasteiger partial charge is 0.190 e. The summed E-state index contributed by atoms with van der Waals surface area (Å²) in [5, 5.41) is 9.21. The Morgan fingerprint density at radius 3 is 2.64 bits per heavy atom. The van der Waals surface area contributed by atoms with Crippen LogP contribution in [-0.2, 0) is 13.5 Å². The average Bonchev–Trinajstić information content (AvgIpc) is 2.55. The highest BCUT2D eigenvalue weighted by Crippen LogP contribution is 2.12. The summed E-state index contributed by atoms with van der Waals surface area (Å²) in [6, 6.07) is 0. The molecule has 0 aromatic carbocycles. The molecule has 1 rings (SSSR count). The van der Waals surface area contributed by atoms with E-state index >= 15 is 0 Å². The number of nitrogens with zero attached hydrogens (tertiary/aromatic N) is 3. The summed E-state index contributed by atoms with van der Waals surface area (Å²) in [7, 11) is 2.02. The minimum absolute atomic E-state index is 0.787. The molecule has 0 aliphatic rings. The van der Waals surface area contributed by atoms with Gasteiger partial charge < -0.3 is 10.3 Å². The molecule has 0 fully saturated rings. The summed E-state index contributed by atoms with van der Waals surface area (Å²) >= 11 is 1.63. The van der Waals surface area contributed by atoms with Crippen LogP contribution >= 0.6 is 11.8 Å². The Labute approximate surface area is 89.3 Å². The molecule has 14 heavy (non-hydrogen) atoms. The van der Waals surface area contributed by atoms with Crippen molar-refractivity contribution in [2.75, 3.05) is 12.8 Å². The van der Waals surface area contributed by atoms with E-state index in [2.05, 4.69) is 14.8 Å². The fourth-order valence-corrected chi connectivity index (χ4v) is 1.85. The van der Waals surface area contributed by atoms with Crippen LogP contribution in [0.15, 0.2) is 5.16 Å². The molecule has 0 atom stereocenters. The third kappa shape index (κ3) is 2.99. The summed E-state index contributed by atoms with van der Waals surface area (Å²) in [6.45, 7) is 0.787. The molecule has 0 saturated heterocycles. The molecule has 0 unspecified atom stereocenters. The monoisotopic (exact) mass is 214 g/mol. The number of hydrogen-bond donors (Lipinski definition) is 1. The molecule has 1 aromatic heterocycles. The quantitative estimate of drug-likeness (QED) is 0.571. The standard InChI is InChI=1S/C9H18N4S/c1-13-8(6-4-3-5-7-10)11-12-9(13)14-2/h3-7,10H2,1-2H3. The van der Waals surface area contributed by atoms with Crippen LogP contribution in [0.3, 0.4) is 0 Å². The number of unbranched alkanes of at least 4 members (excludes halogenated alkanes) is 2. The highest BCUT2D eigenvalue weighted by molar-refractivity contribution is 7.98. The fourth-order valence-electron chi connectivity index (χ4n) is 1.34. The summed E-state index contributed by atoms with van der Waals surface area (Å²) < 4.78 is 2.06. The first kappa shape index (κ1) is 11.5. The Bertz CT molecular complexity index is 272. The van der Waals surface area contributed by atoms with E-state index in [0.29, 0.717) is 0 Å². The van der Waals surface area contributed by atoms with Crippen molar-refractivity contribution in [2.45, 2.75) is 30.8 Å². The number of aryl methyl sites for hydroxylation is 1. The lowest BCUT2D eigenvalue weighted by atomic mass is 10.2. The number of hydrogen-bond acceptors (Lipinski definition) is 4. The Hall–Kier alpha value is -0.550. The summed E-state index contributed by atoms with van der Waals surface area (Å²) in [4.78, 5) is 0. The zero-order valence-electron chi connectivity index (χ0n) is 8.86. The second kappa shape index (κ2) is 6.03. The lowest BCUT2D eigenvalue weighted by Gasteiger charge is -2.01. The lowest BCUT2D eigenvalue weighted by molar-refractivity contribution is 0.642. The molecule has 0 aliphatic carbocycles. The SMILES string of the molecule is CSc1nnc(CCCCCN)n1C. The minimum Gasteiger partial charge on any atom is -0.330 e. The van der Waals surface area contributed by atoms with Gasteiger partial charge in [0, 0.05) is 13.5 Å². The topological polar surface area (TPSA) is 56.7 Å². The van der Waals surface area contributed by atoms with Crippen molar-refractivity contribution in [1.82, 2.24) is 14.8 Å². The van der Waals surface area contributed by atoms with E-state index in [1.807, 2.05) is 13.3 Å². The second-order valence-corrected chi connectivity index (χ2v) is 4.03. The van der Waals surface area contributed by atoms with Crippen LogP contribution in [0.1, 0.15) is 25.1 Å². The van der Waals surface area contributed by atoms with Crippen LogP contribution in [0.2, 0.25) is 0 Å². The van der Waals surface area contributed by atoms with Crippen molar-refractivity contribution in [3.05, 3.63) is 5.82 Å². The van der Waals surface area contributed by atoms with E-state index in [1.165, 1.54) is 6.42 Å². The molecule has 0 saturated carbocycles. The van der Waals surface area contributed by atoms with Crippen molar-refractivity contribution in [3.8, 4) is 0 Å². The van der Waals surface area contributed by atoms with Gasteiger partial charge in [0.15, 0.2) is 5.16 Å². The van der Waals surface area contributed by atoms with Gasteiger partial charge >= 0.3 is 0 Å². The summed E-state index contributed by atoms with van der Waals surface area (Å²) in [6.07, 6.45) is 6.45. The van der Waals surface area contributed by atoms with E-state index in [4.69, 9.17) is 5.73 Å². The molecule has 80 valence electrons. The van der Waals surface area contributed by atoms with E-state index in [0.717, 1.165) is 36.8 Å². The zero-order chi connectivity index (χ0) is 10.4. The fraction of sp³-hybridized carbons (Fsp3) is 0.778. The van der Waals surface area contributed by atoms with Crippen LogP contribution in [0.4, 0.5) is 0 Å². The third-order valence-corrected chi connectivity index (χ3v) is 2.93. The molecule has 0 bridgehead atoms. The van der Waals surface area contributed by atoms with Gasteiger partial charge in [-0.15, -0.1) is 10.2 Å². The number of nitrogens with two attached hydrogens (primary N) is 1. The molecule has 0 amide bonds. The molecule has 5 heteroatoms. The summed E-state index contributed by atoms with van der Waals surface area (Å²) in [5.74, 6) is 1.08. The van der Waals surface area contributed by atoms with E-state index in [1.54, 1.807) is 11.8 Å². The van der Waals surface area contributed by atoms with Gasteiger partial charge in [-0.3, -0.25) is 0 Å². The van der Waals surface area contributed by atoms with Gasteiger partial charge in [-0.25, -0.2) is 0 Å². The normalized spacial score (nSPS) is 10.8. The van der Waals surface area contributed by atoms with E-state index in [9.17, 15) is 0 Å². The molecule has 4 nitrogen and oxygen atoms in total. The first-order chi connectivity index (χ1) is 6.79. The Kier molecular flexibility index (Phi) is 4.97. The third-order valence-electron chi connectivity index (χ3n) is 2.21. The number of aromatic nitrogens is 3. The highest BCUT2D eigenvalue weighted by Gasteiger charge is 2.06. The molecule has 0 radical (unpaired) electrons. The van der Waals surface area contributed by atoms with Gasteiger partial charge in [0.05, 0.1) is 0 Å². The number of rotatable bonds is 6. The maximum absolute atomic E-state index is 5.43. The highest BCUT2D eigenvalue weighted by atomic mass is 32.2. The predicted molar refractivity (Wildman–Crippen MR) is 59.4 cm³/mol. The van der Waals surface area contributed by atoms with Gasteiger partial charge in [0.25, 0.3) is 0 Å². The summed E-state index contributed by atoms with van der Waals surface area (Å²) in [5.41, 5.74) is 5.43. The van der Waals surface area contributed by atoms with Crippen molar-refractivity contribution < 1.29 is 0 Å². The van der Waals surface area contributed by atoms with Crippen molar-refractivity contribution in [1.29, 1.82) is 0 Å². The van der Waals surface area contributed by atoms with Gasteiger partial charge in [0.2, 0.25) is 0 Å². The molecule has 1 heterocycles. The van der Waals surface area contributed by atoms with Gasteiger partial charge in [0.1, 0.15) is 5.82 Å². The molecule has 2 N–H and O–H groups in total. The largest absolute Gasteiger partial charge is 0.330 e. The van der Waals surface area contributed by atoms with Crippen LogP contribution in [0.25, 0.3) is 0 Å². The van der Waals surface area contributed by atoms with E-state index in [-0.39, 0.29) is 0 Å². The molecule has 1 aromatic rings. The molecular weight excluding hydrogens is 196 g/mol. The first-order valence-corrected chi connectivity index (χ1v) is 6.14. The Morgan fingerprint density at radius 2 is 2.07 bits per heavy atom. The predicted octanol–water partition coefficient (Wildman–Crippen LogP) is 1.21. The van der Waals surface area contributed by atoms with Crippen LogP contribution in [0.5, 0.6) is 0 Å². The van der Waals surface area contributed by atoms with Crippen molar-refractivity contribution in [3.63, 3.8) is 0 Å².